The van der Waals surface area contributed by atoms with Crippen LogP contribution in [0.4, 0.5) is 0 Å². The number of aliphatic carboxylic acids is 1. The smallest absolute Gasteiger partial charge is 0.352 e. The van der Waals surface area contributed by atoms with Gasteiger partial charge in [-0.3, -0.25) is 4.79 Å². The maximum atomic E-state index is 12.8. The number of carboxylic acid groups (broad SMARTS) is 1. The van der Waals surface area contributed by atoms with Crippen molar-refractivity contribution in [3.05, 3.63) is 101 Å². The number of hydrogen-bond acceptors (Lipinski definition) is 5. The maximum Gasteiger partial charge on any atom is 0.352 e. The Balaban J connectivity index is 0.00000200. The molecule has 2 N–H and O–H groups in total. The molecule has 3 aromatic heterocycles. The molecule has 1 saturated heterocycles. The van der Waals surface area contributed by atoms with Crippen molar-refractivity contribution in [3.8, 4) is 0 Å². The Hall–Kier alpha value is -3.03. The minimum Gasteiger partial charge on any atom is -1.00 e. The van der Waals surface area contributed by atoms with E-state index in [1.807, 2.05) is 19.4 Å². The molecule has 2 aromatic carbocycles. The molecule has 7 rings (SSSR count). The summed E-state index contributed by atoms with van der Waals surface area (Å²) < 4.78 is 6.48. The second-order valence-electron chi connectivity index (χ2n) is 11.4. The largest absolute Gasteiger partial charge is 1.00 e. The van der Waals surface area contributed by atoms with Crippen LogP contribution in [0, 0.1) is 11.8 Å². The fourth-order valence-corrected chi connectivity index (χ4v) is 8.88. The summed E-state index contributed by atoms with van der Waals surface area (Å²) in [5, 5.41) is 23.8. The second kappa shape index (κ2) is 13.0. The third-order valence-corrected chi connectivity index (χ3v) is 10.8. The van der Waals surface area contributed by atoms with E-state index >= 15 is 0 Å². The Kier molecular flexibility index (Phi) is 9.63. The molecule has 1 fully saturated rings. The molecule has 0 aliphatic carbocycles. The second-order valence-corrected chi connectivity index (χ2v) is 13.3. The molecule has 0 bridgehead atoms. The lowest BCUT2D eigenvalue weighted by atomic mass is 9.77. The van der Waals surface area contributed by atoms with E-state index in [-0.39, 0.29) is 57.5 Å². The van der Waals surface area contributed by atoms with E-state index in [0.717, 1.165) is 21.3 Å². The van der Waals surface area contributed by atoms with Crippen LogP contribution in [0.15, 0.2) is 90.2 Å². The number of benzene rings is 2. The van der Waals surface area contributed by atoms with E-state index in [1.165, 1.54) is 26.8 Å². The molecule has 234 valence electrons. The number of halogens is 2. The Morgan fingerprint density at radius 3 is 2.40 bits per heavy atom. The highest BCUT2D eigenvalue weighted by atomic mass is 79.9. The highest BCUT2D eigenvalue weighted by Crippen LogP contribution is 2.51. The van der Waals surface area contributed by atoms with Crippen molar-refractivity contribution in [2.45, 2.75) is 44.1 Å². The number of carbonyl (C=O) groups excluding carboxylic acids is 1. The normalized spacial score (nSPS) is 19.7. The number of aliphatic hydroxyl groups excluding tert-OH is 1. The number of fused-ring (bicyclic) bond motifs is 3. The van der Waals surface area contributed by atoms with Gasteiger partial charge in [0.05, 0.1) is 22.9 Å². The Morgan fingerprint density at radius 2 is 1.73 bits per heavy atom. The van der Waals surface area contributed by atoms with Gasteiger partial charge >= 0.3 is 5.97 Å². The molecule has 0 unspecified atom stereocenters. The van der Waals surface area contributed by atoms with Crippen LogP contribution >= 0.6 is 23.1 Å². The number of carboxylic acids is 1. The van der Waals surface area contributed by atoms with Crippen molar-refractivity contribution in [2.24, 2.45) is 11.8 Å². The molecule has 0 spiro atoms. The van der Waals surface area contributed by atoms with Crippen molar-refractivity contribution >= 4 is 56.2 Å². The minimum atomic E-state index is -1.11. The van der Waals surface area contributed by atoms with Crippen LogP contribution < -0.4 is 42.9 Å². The van der Waals surface area contributed by atoms with Gasteiger partial charge in [-0.2, -0.15) is 4.40 Å². The first-order valence-corrected chi connectivity index (χ1v) is 16.3. The van der Waals surface area contributed by atoms with Gasteiger partial charge in [0.2, 0.25) is 15.8 Å². The average molecular weight is 773 g/mol. The van der Waals surface area contributed by atoms with E-state index in [9.17, 15) is 19.8 Å². The van der Waals surface area contributed by atoms with Gasteiger partial charge in [0, 0.05) is 28.5 Å². The van der Waals surface area contributed by atoms with Crippen LogP contribution in [-0.2, 0) is 22.7 Å². The molecule has 0 saturated carbocycles. The van der Waals surface area contributed by atoms with E-state index in [1.54, 1.807) is 30.0 Å². The van der Waals surface area contributed by atoms with Gasteiger partial charge in [-0.05, 0) is 30.2 Å². The number of amides is 1. The zero-order valence-electron chi connectivity index (χ0n) is 24.8. The van der Waals surface area contributed by atoms with Gasteiger partial charge in [-0.25, -0.2) is 13.9 Å². The minimum absolute atomic E-state index is 0. The number of β-lactam (4-membered cyclic amide) rings is 1. The van der Waals surface area contributed by atoms with Crippen molar-refractivity contribution in [1.82, 2.24) is 9.47 Å². The van der Waals surface area contributed by atoms with Crippen LogP contribution in [0.1, 0.15) is 29.9 Å². The molecule has 0 radical (unpaired) electrons. The van der Waals surface area contributed by atoms with Crippen LogP contribution in [0.5, 0.6) is 0 Å². The standard InChI is InChI=1S/C33H31N4O4S2.2BrH/c1-19-26(29(33(40)41)37-28(19)27(20(2)38)30(37)39)25-17-36-18-35(31(42-3)32(36)43-25)15-22-10-8-21(9-11-22)14-34-13-12-23-6-4-5-7-24(23)16-34;;/h4-13,16-20,27-28,38H,14-15H2,1-3H3;2*1H/q+1;;/p-1/t19-,20+,27+,28-;;/m0../s1. The first-order chi connectivity index (χ1) is 20.7. The summed E-state index contributed by atoms with van der Waals surface area (Å²) in [6.07, 6.45) is 9.55. The third kappa shape index (κ3) is 5.65. The van der Waals surface area contributed by atoms with Gasteiger partial charge in [0.25, 0.3) is 6.33 Å². The highest BCUT2D eigenvalue weighted by Gasteiger charge is 2.60. The Morgan fingerprint density at radius 1 is 1.04 bits per heavy atom. The third-order valence-electron chi connectivity index (χ3n) is 8.73. The monoisotopic (exact) mass is 770 g/mol. The fourth-order valence-electron chi connectivity index (χ4n) is 6.70. The molecular formula is C33H32Br2N4O4S2. The summed E-state index contributed by atoms with van der Waals surface area (Å²) in [5.41, 5.74) is 3.14. The summed E-state index contributed by atoms with van der Waals surface area (Å²) in [5.74, 6) is -2.19. The number of nitrogens with zero attached hydrogens (tertiary/aromatic N) is 4. The predicted molar refractivity (Wildman–Crippen MR) is 166 cm³/mol. The number of imidazole rings is 1. The topological polar surface area (TPSA) is 90.8 Å². The Labute approximate surface area is 290 Å². The molecule has 5 aromatic rings. The van der Waals surface area contributed by atoms with Crippen molar-refractivity contribution in [2.75, 3.05) is 6.26 Å². The quantitative estimate of drug-likeness (QED) is 0.111. The number of thioether (sulfide) groups is 1. The molecule has 4 atom stereocenters. The van der Waals surface area contributed by atoms with E-state index in [2.05, 4.69) is 86.9 Å². The van der Waals surface area contributed by atoms with E-state index in [0.29, 0.717) is 12.1 Å². The van der Waals surface area contributed by atoms with Crippen LogP contribution in [-0.4, -0.2) is 50.0 Å². The number of hydrogen-bond donors (Lipinski definition) is 2. The summed E-state index contributed by atoms with van der Waals surface area (Å²) in [6.45, 7) is 5.07. The maximum absolute atomic E-state index is 12.8. The summed E-state index contributed by atoms with van der Waals surface area (Å²) >= 11 is 3.20. The van der Waals surface area contributed by atoms with Crippen molar-refractivity contribution in [3.63, 3.8) is 0 Å². The molecule has 12 heteroatoms. The fraction of sp³-hybridized carbons (Fsp3) is 0.273. The van der Waals surface area contributed by atoms with E-state index < -0.39 is 18.0 Å². The summed E-state index contributed by atoms with van der Waals surface area (Å²) in [4.78, 5) is 28.4. The number of aromatic nitrogens is 3. The number of thiazole rings is 1. The highest BCUT2D eigenvalue weighted by molar-refractivity contribution is 7.98. The number of pyridine rings is 1. The number of carbonyl (C=O) groups is 2. The molecule has 5 heterocycles. The lowest BCUT2D eigenvalue weighted by molar-refractivity contribution is -0.687. The van der Waals surface area contributed by atoms with Crippen LogP contribution in [0.3, 0.4) is 0 Å². The van der Waals surface area contributed by atoms with Gasteiger partial charge in [0.15, 0.2) is 18.9 Å². The zero-order chi connectivity index (χ0) is 30.0. The van der Waals surface area contributed by atoms with Crippen molar-refractivity contribution < 1.29 is 62.7 Å². The first-order valence-electron chi connectivity index (χ1n) is 14.3. The number of rotatable bonds is 8. The van der Waals surface area contributed by atoms with Crippen LogP contribution in [0.25, 0.3) is 21.2 Å². The lowest BCUT2D eigenvalue weighted by Gasteiger charge is -2.46. The van der Waals surface area contributed by atoms with Crippen LogP contribution in [0.2, 0.25) is 0 Å². The molecule has 2 aliphatic heterocycles. The Bertz CT molecular complexity index is 1950. The molecule has 2 aliphatic rings. The lowest BCUT2D eigenvalue weighted by Crippen LogP contribution is -3.00. The summed E-state index contributed by atoms with van der Waals surface area (Å²) in [7, 11) is 0. The SMILES string of the molecule is CSc1c2sc(C3=C(C(=O)O)N4C(=O)[C@H]([C@@H](C)O)[C@@H]4[C@H]3C)c[n+]2cn1Cc1ccc(C[n+]2ccc3ccccc3c2)cc1.[Br-].[Br-]. The summed E-state index contributed by atoms with van der Waals surface area (Å²) in [6, 6.07) is 18.9. The molecule has 45 heavy (non-hydrogen) atoms. The molecule has 1 amide bonds. The zero-order valence-corrected chi connectivity index (χ0v) is 29.6. The van der Waals surface area contributed by atoms with E-state index in [4.69, 9.17) is 0 Å². The average Bonchev–Trinajstić information content (AvgIpc) is 3.60. The first kappa shape index (κ1) is 33.3. The predicted octanol–water partition coefficient (Wildman–Crippen LogP) is -1.79. The number of aliphatic hydroxyl groups is 1. The van der Waals surface area contributed by atoms with Gasteiger partial charge in [0.1, 0.15) is 18.4 Å². The molecule has 8 nitrogen and oxygen atoms in total. The van der Waals surface area contributed by atoms with Gasteiger partial charge < -0.3 is 49.1 Å². The van der Waals surface area contributed by atoms with Crippen molar-refractivity contribution in [1.29, 1.82) is 0 Å². The van der Waals surface area contributed by atoms with Gasteiger partial charge in [-0.15, -0.1) is 0 Å². The molecular weight excluding hydrogens is 740 g/mol. The van der Waals surface area contributed by atoms with Gasteiger partial charge in [-0.1, -0.05) is 72.5 Å².